The first-order valence-corrected chi connectivity index (χ1v) is 7.28. The summed E-state index contributed by atoms with van der Waals surface area (Å²) in [5.74, 6) is 0.879. The molecule has 0 unspecified atom stereocenters. The fourth-order valence-electron chi connectivity index (χ4n) is 2.68. The van der Waals surface area contributed by atoms with Gasteiger partial charge in [-0.15, -0.1) is 0 Å². The molecule has 0 spiro atoms. The summed E-state index contributed by atoms with van der Waals surface area (Å²) in [7, 11) is 1.69. The SMILES string of the molecule is COc1cc(C)nc(CN2CCCN(CCO)CC2)c1. The van der Waals surface area contributed by atoms with E-state index in [0.717, 1.165) is 62.8 Å². The van der Waals surface area contributed by atoms with Crippen molar-refractivity contribution in [3.63, 3.8) is 0 Å². The van der Waals surface area contributed by atoms with Crippen LogP contribution in [0.15, 0.2) is 12.1 Å². The summed E-state index contributed by atoms with van der Waals surface area (Å²) in [5, 5.41) is 9.02. The van der Waals surface area contributed by atoms with Crippen molar-refractivity contribution in [2.24, 2.45) is 0 Å². The number of hydrogen-bond acceptors (Lipinski definition) is 5. The van der Waals surface area contributed by atoms with Crippen LogP contribution in [0.1, 0.15) is 17.8 Å². The molecule has 0 radical (unpaired) electrons. The van der Waals surface area contributed by atoms with Gasteiger partial charge >= 0.3 is 0 Å². The molecule has 1 fully saturated rings. The zero-order valence-corrected chi connectivity index (χ0v) is 12.5. The van der Waals surface area contributed by atoms with Gasteiger partial charge in [0.25, 0.3) is 0 Å². The van der Waals surface area contributed by atoms with E-state index < -0.39 is 0 Å². The quantitative estimate of drug-likeness (QED) is 0.868. The fraction of sp³-hybridized carbons (Fsp3) is 0.667. The van der Waals surface area contributed by atoms with Gasteiger partial charge in [0.05, 0.1) is 19.4 Å². The Labute approximate surface area is 121 Å². The Morgan fingerprint density at radius 3 is 2.70 bits per heavy atom. The van der Waals surface area contributed by atoms with Gasteiger partial charge in [0.2, 0.25) is 0 Å². The van der Waals surface area contributed by atoms with Gasteiger partial charge in [0.15, 0.2) is 0 Å². The highest BCUT2D eigenvalue weighted by Crippen LogP contribution is 2.15. The molecule has 1 aromatic rings. The Bertz CT molecular complexity index is 426. The Kier molecular flexibility index (Phi) is 5.76. The fourth-order valence-corrected chi connectivity index (χ4v) is 2.68. The van der Waals surface area contributed by atoms with Crippen molar-refractivity contribution in [3.8, 4) is 5.75 Å². The monoisotopic (exact) mass is 279 g/mol. The number of nitrogens with zero attached hydrogens (tertiary/aromatic N) is 3. The molecule has 5 heteroatoms. The molecule has 0 aliphatic carbocycles. The van der Waals surface area contributed by atoms with E-state index in [4.69, 9.17) is 9.84 Å². The van der Waals surface area contributed by atoms with Crippen molar-refractivity contribution in [1.82, 2.24) is 14.8 Å². The standard InChI is InChI=1S/C15H25N3O2/c1-13-10-15(20-2)11-14(16-13)12-18-5-3-4-17(6-7-18)8-9-19/h10-11,19H,3-9,12H2,1-2H3. The van der Waals surface area contributed by atoms with Crippen LogP contribution in [0.5, 0.6) is 5.75 Å². The summed E-state index contributed by atoms with van der Waals surface area (Å²) in [6, 6.07) is 3.97. The summed E-state index contributed by atoms with van der Waals surface area (Å²) < 4.78 is 5.30. The molecule has 5 nitrogen and oxygen atoms in total. The highest BCUT2D eigenvalue weighted by atomic mass is 16.5. The number of rotatable bonds is 5. The van der Waals surface area contributed by atoms with Crippen LogP contribution in [-0.2, 0) is 6.54 Å². The Morgan fingerprint density at radius 1 is 1.20 bits per heavy atom. The number of ether oxygens (including phenoxy) is 1. The van der Waals surface area contributed by atoms with Gasteiger partial charge in [0, 0.05) is 44.0 Å². The van der Waals surface area contributed by atoms with Gasteiger partial charge < -0.3 is 9.84 Å². The van der Waals surface area contributed by atoms with E-state index in [0.29, 0.717) is 0 Å². The number of pyridine rings is 1. The molecule has 1 aliphatic rings. The molecule has 0 aromatic carbocycles. The molecule has 0 amide bonds. The molecule has 1 N–H and O–H groups in total. The average molecular weight is 279 g/mol. The molecule has 2 heterocycles. The number of aryl methyl sites for hydroxylation is 1. The zero-order valence-electron chi connectivity index (χ0n) is 12.5. The van der Waals surface area contributed by atoms with Crippen molar-refractivity contribution in [2.45, 2.75) is 19.9 Å². The molecule has 1 saturated heterocycles. The largest absolute Gasteiger partial charge is 0.497 e. The molecular weight excluding hydrogens is 254 g/mol. The van der Waals surface area contributed by atoms with Crippen molar-refractivity contribution in [1.29, 1.82) is 0 Å². The lowest BCUT2D eigenvalue weighted by Gasteiger charge is -2.21. The number of aliphatic hydroxyl groups excluding tert-OH is 1. The minimum absolute atomic E-state index is 0.247. The molecule has 112 valence electrons. The molecular formula is C15H25N3O2. The predicted molar refractivity (Wildman–Crippen MR) is 78.9 cm³/mol. The number of hydrogen-bond donors (Lipinski definition) is 1. The lowest BCUT2D eigenvalue weighted by molar-refractivity contribution is 0.195. The lowest BCUT2D eigenvalue weighted by Crippen LogP contribution is -2.32. The van der Waals surface area contributed by atoms with Crippen LogP contribution in [0.3, 0.4) is 0 Å². The second kappa shape index (κ2) is 7.57. The minimum atomic E-state index is 0.247. The maximum Gasteiger partial charge on any atom is 0.122 e. The van der Waals surface area contributed by atoms with Crippen LogP contribution in [0.2, 0.25) is 0 Å². The van der Waals surface area contributed by atoms with Crippen LogP contribution in [0.25, 0.3) is 0 Å². The molecule has 0 atom stereocenters. The van der Waals surface area contributed by atoms with Crippen LogP contribution in [0.4, 0.5) is 0 Å². The van der Waals surface area contributed by atoms with Gasteiger partial charge in [-0.2, -0.15) is 0 Å². The van der Waals surface area contributed by atoms with Crippen LogP contribution in [-0.4, -0.2) is 66.3 Å². The van der Waals surface area contributed by atoms with Crippen LogP contribution in [0, 0.1) is 6.92 Å². The summed E-state index contributed by atoms with van der Waals surface area (Å²) in [5.41, 5.74) is 2.06. The zero-order chi connectivity index (χ0) is 14.4. The summed E-state index contributed by atoms with van der Waals surface area (Å²) in [6.07, 6.45) is 1.14. The van der Waals surface area contributed by atoms with Crippen molar-refractivity contribution in [2.75, 3.05) is 46.4 Å². The van der Waals surface area contributed by atoms with Crippen LogP contribution >= 0.6 is 0 Å². The summed E-state index contributed by atoms with van der Waals surface area (Å²) in [4.78, 5) is 9.34. The number of aliphatic hydroxyl groups is 1. The summed E-state index contributed by atoms with van der Waals surface area (Å²) >= 11 is 0. The average Bonchev–Trinajstić information content (AvgIpc) is 2.64. The van der Waals surface area contributed by atoms with E-state index in [9.17, 15) is 0 Å². The second-order valence-corrected chi connectivity index (χ2v) is 5.33. The highest BCUT2D eigenvalue weighted by Gasteiger charge is 2.15. The Morgan fingerprint density at radius 2 is 1.95 bits per heavy atom. The van der Waals surface area contributed by atoms with Gasteiger partial charge in [-0.05, 0) is 26.4 Å². The topological polar surface area (TPSA) is 48.8 Å². The summed E-state index contributed by atoms with van der Waals surface area (Å²) in [6.45, 7) is 8.09. The Hall–Kier alpha value is -1.17. The predicted octanol–water partition coefficient (Wildman–Crippen LogP) is 0.899. The highest BCUT2D eigenvalue weighted by molar-refractivity contribution is 5.26. The number of methoxy groups -OCH3 is 1. The molecule has 0 bridgehead atoms. The first-order chi connectivity index (χ1) is 9.71. The van der Waals surface area contributed by atoms with E-state index in [2.05, 4.69) is 14.8 Å². The van der Waals surface area contributed by atoms with E-state index in [1.54, 1.807) is 7.11 Å². The van der Waals surface area contributed by atoms with Gasteiger partial charge in [-0.1, -0.05) is 0 Å². The van der Waals surface area contributed by atoms with Gasteiger partial charge in [-0.25, -0.2) is 0 Å². The maximum atomic E-state index is 9.02. The molecule has 0 saturated carbocycles. The molecule has 2 rings (SSSR count). The van der Waals surface area contributed by atoms with Crippen molar-refractivity contribution < 1.29 is 9.84 Å². The maximum absolute atomic E-state index is 9.02. The van der Waals surface area contributed by atoms with Gasteiger partial charge in [-0.3, -0.25) is 14.8 Å². The van der Waals surface area contributed by atoms with Crippen LogP contribution < -0.4 is 4.74 Å². The number of aromatic nitrogens is 1. The van der Waals surface area contributed by atoms with Crippen molar-refractivity contribution >= 4 is 0 Å². The van der Waals surface area contributed by atoms with Gasteiger partial charge in [0.1, 0.15) is 5.75 Å². The number of β-amino-alcohol motifs (C(OH)–C–C–N with tert-alkyl or cyclic N) is 1. The normalized spacial score (nSPS) is 17.9. The Balaban J connectivity index is 1.94. The molecule has 1 aliphatic heterocycles. The minimum Gasteiger partial charge on any atom is -0.497 e. The first kappa shape index (κ1) is 15.2. The third-order valence-electron chi connectivity index (χ3n) is 3.70. The first-order valence-electron chi connectivity index (χ1n) is 7.28. The van der Waals surface area contributed by atoms with E-state index in [1.165, 1.54) is 0 Å². The lowest BCUT2D eigenvalue weighted by atomic mass is 10.2. The second-order valence-electron chi connectivity index (χ2n) is 5.33. The smallest absolute Gasteiger partial charge is 0.122 e. The molecule has 20 heavy (non-hydrogen) atoms. The van der Waals surface area contributed by atoms with E-state index >= 15 is 0 Å². The van der Waals surface area contributed by atoms with E-state index in [-0.39, 0.29) is 6.61 Å². The van der Waals surface area contributed by atoms with Crippen molar-refractivity contribution in [3.05, 3.63) is 23.5 Å². The third kappa shape index (κ3) is 4.44. The van der Waals surface area contributed by atoms with E-state index in [1.807, 2.05) is 19.1 Å². The molecule has 1 aromatic heterocycles. The third-order valence-corrected chi connectivity index (χ3v) is 3.70.